The fourth-order valence-corrected chi connectivity index (χ4v) is 7.85. The largest absolute Gasteiger partial charge is 0.497 e. The molecule has 4 aromatic carbocycles. The minimum Gasteiger partial charge on any atom is -0.497 e. The van der Waals surface area contributed by atoms with Gasteiger partial charge in [-0.25, -0.2) is 0 Å². The van der Waals surface area contributed by atoms with Crippen LogP contribution in [0.15, 0.2) is 78.9 Å². The fraction of sp³-hybridized carbons (Fsp3) is 0.314. The summed E-state index contributed by atoms with van der Waals surface area (Å²) in [6, 6.07) is 27.3. The van der Waals surface area contributed by atoms with Crippen molar-refractivity contribution in [3.8, 4) is 11.5 Å². The zero-order valence-corrected chi connectivity index (χ0v) is 26.1. The maximum Gasteiger partial charge on any atom is 0.118 e. The van der Waals surface area contributed by atoms with Crippen LogP contribution in [0.5, 0.6) is 11.5 Å². The van der Waals surface area contributed by atoms with Crippen LogP contribution in [0, 0.1) is 33.6 Å². The normalized spacial score (nSPS) is 13.6. The third kappa shape index (κ3) is 5.41. The zero-order chi connectivity index (χ0) is 29.2. The van der Waals surface area contributed by atoms with Gasteiger partial charge < -0.3 is 20.9 Å². The first-order chi connectivity index (χ1) is 18.9. The predicted octanol–water partition coefficient (Wildman–Crippen LogP) is 6.28. The standard InChI is InChI=1S/C35H43N2O2P/c1-22(2)34(36,33-26(6)18-25(5)21-32(33)40-31-19-23(3)17-24(4)20-31)35(37,27-9-13-29(38-7)14-10-27)28-11-15-30(39-8)16-12-28/h9-22,40H,36-37H2,1-8H3/t34-/m0/s1. The Kier molecular flexibility index (Phi) is 8.75. The SMILES string of the molecule is COc1ccc(C(N)(c2ccc(OC)cc2)[C@@](N)(c2c(C)cc(C)cc2Pc2cc(C)cc(C)c2)C(C)C)cc1. The fourth-order valence-electron chi connectivity index (χ4n) is 6.11. The zero-order valence-electron chi connectivity index (χ0n) is 25.1. The highest BCUT2D eigenvalue weighted by atomic mass is 31.1. The van der Waals surface area contributed by atoms with E-state index in [0.29, 0.717) is 8.58 Å². The molecule has 0 amide bonds. The van der Waals surface area contributed by atoms with Gasteiger partial charge >= 0.3 is 0 Å². The molecule has 5 heteroatoms. The molecule has 0 aromatic heterocycles. The third-order valence-corrected chi connectivity index (χ3v) is 9.29. The molecule has 4 rings (SSSR count). The Balaban J connectivity index is 2.05. The van der Waals surface area contributed by atoms with Crippen molar-refractivity contribution >= 4 is 19.2 Å². The first-order valence-corrected chi connectivity index (χ1v) is 14.8. The second kappa shape index (κ2) is 11.7. The van der Waals surface area contributed by atoms with E-state index in [1.165, 1.54) is 27.3 Å². The smallest absolute Gasteiger partial charge is 0.118 e. The van der Waals surface area contributed by atoms with Crippen molar-refractivity contribution in [2.24, 2.45) is 17.4 Å². The molecule has 0 aliphatic carbocycles. The lowest BCUT2D eigenvalue weighted by molar-refractivity contribution is 0.191. The number of benzene rings is 4. The minimum atomic E-state index is -1.07. The molecule has 4 nitrogen and oxygen atoms in total. The second-order valence-electron chi connectivity index (χ2n) is 11.3. The van der Waals surface area contributed by atoms with E-state index >= 15 is 0 Å². The summed E-state index contributed by atoms with van der Waals surface area (Å²) in [6.07, 6.45) is 0. The van der Waals surface area contributed by atoms with Crippen LogP contribution in [-0.2, 0) is 11.1 Å². The Bertz CT molecular complexity index is 1410. The number of methoxy groups -OCH3 is 2. The van der Waals surface area contributed by atoms with Crippen molar-refractivity contribution in [1.29, 1.82) is 0 Å². The molecule has 4 aromatic rings. The van der Waals surface area contributed by atoms with Crippen molar-refractivity contribution < 1.29 is 9.47 Å². The van der Waals surface area contributed by atoms with Gasteiger partial charge in [-0.15, -0.1) is 0 Å². The summed E-state index contributed by atoms with van der Waals surface area (Å²) in [4.78, 5) is 0. The number of hydrogen-bond donors (Lipinski definition) is 2. The molecule has 0 saturated carbocycles. The van der Waals surface area contributed by atoms with E-state index in [-0.39, 0.29) is 5.92 Å². The molecule has 0 saturated heterocycles. The van der Waals surface area contributed by atoms with Gasteiger partial charge in [-0.1, -0.05) is 93.7 Å². The number of hydrogen-bond acceptors (Lipinski definition) is 4. The van der Waals surface area contributed by atoms with Gasteiger partial charge in [0.05, 0.1) is 25.3 Å². The van der Waals surface area contributed by atoms with Gasteiger partial charge in [-0.05, 0) is 90.7 Å². The molecule has 0 spiro atoms. The molecule has 210 valence electrons. The van der Waals surface area contributed by atoms with Gasteiger partial charge in [0, 0.05) is 0 Å². The summed E-state index contributed by atoms with van der Waals surface area (Å²) in [7, 11) is 3.79. The molecule has 0 aliphatic heterocycles. The first-order valence-electron chi connectivity index (χ1n) is 13.8. The molecule has 0 heterocycles. The maximum atomic E-state index is 7.83. The highest BCUT2D eigenvalue weighted by molar-refractivity contribution is 7.55. The number of rotatable bonds is 9. The highest BCUT2D eigenvalue weighted by Gasteiger charge is 2.53. The average Bonchev–Trinajstić information content (AvgIpc) is 2.91. The van der Waals surface area contributed by atoms with E-state index in [4.69, 9.17) is 20.9 Å². The molecule has 0 radical (unpaired) electrons. The minimum absolute atomic E-state index is 0.00842. The summed E-state index contributed by atoms with van der Waals surface area (Å²) >= 11 is 0. The van der Waals surface area contributed by atoms with Crippen LogP contribution in [0.4, 0.5) is 0 Å². The molecule has 0 aliphatic rings. The predicted molar refractivity (Wildman–Crippen MR) is 171 cm³/mol. The van der Waals surface area contributed by atoms with Crippen molar-refractivity contribution in [2.75, 3.05) is 14.2 Å². The molecular weight excluding hydrogens is 511 g/mol. The van der Waals surface area contributed by atoms with Crippen molar-refractivity contribution in [2.45, 2.75) is 52.6 Å². The molecule has 4 N–H and O–H groups in total. The molecule has 0 bridgehead atoms. The highest BCUT2D eigenvalue weighted by Crippen LogP contribution is 2.48. The lowest BCUT2D eigenvalue weighted by Crippen LogP contribution is -2.65. The van der Waals surface area contributed by atoms with Crippen LogP contribution in [0.2, 0.25) is 0 Å². The van der Waals surface area contributed by atoms with E-state index in [1.807, 2.05) is 48.5 Å². The molecular formula is C35H43N2O2P. The third-order valence-electron chi connectivity index (χ3n) is 8.05. The summed E-state index contributed by atoms with van der Waals surface area (Å²) in [5.74, 6) is 1.54. The van der Waals surface area contributed by atoms with Gasteiger partial charge in [0.25, 0.3) is 0 Å². The van der Waals surface area contributed by atoms with Crippen LogP contribution in [0.3, 0.4) is 0 Å². The van der Waals surface area contributed by atoms with Crippen molar-refractivity contribution in [1.82, 2.24) is 0 Å². The molecule has 1 unspecified atom stereocenters. The Morgan fingerprint density at radius 2 is 1.10 bits per heavy atom. The van der Waals surface area contributed by atoms with Crippen LogP contribution in [0.1, 0.15) is 52.8 Å². The van der Waals surface area contributed by atoms with Crippen LogP contribution in [0.25, 0.3) is 0 Å². The molecule has 0 fully saturated rings. The van der Waals surface area contributed by atoms with Gasteiger partial charge in [0.15, 0.2) is 0 Å². The number of ether oxygens (including phenoxy) is 2. The van der Waals surface area contributed by atoms with E-state index in [0.717, 1.165) is 33.8 Å². The summed E-state index contributed by atoms with van der Waals surface area (Å²) < 4.78 is 11.0. The first kappa shape index (κ1) is 29.8. The van der Waals surface area contributed by atoms with Crippen molar-refractivity contribution in [3.63, 3.8) is 0 Å². The Morgan fingerprint density at radius 3 is 1.52 bits per heavy atom. The van der Waals surface area contributed by atoms with E-state index < -0.39 is 11.1 Å². The van der Waals surface area contributed by atoms with Gasteiger partial charge in [-0.3, -0.25) is 0 Å². The van der Waals surface area contributed by atoms with Crippen LogP contribution in [-0.4, -0.2) is 14.2 Å². The van der Waals surface area contributed by atoms with Crippen molar-refractivity contribution in [3.05, 3.63) is 118 Å². The van der Waals surface area contributed by atoms with Crippen LogP contribution < -0.4 is 31.6 Å². The van der Waals surface area contributed by atoms with Gasteiger partial charge in [-0.2, -0.15) is 0 Å². The van der Waals surface area contributed by atoms with Gasteiger partial charge in [0.2, 0.25) is 0 Å². The maximum absolute atomic E-state index is 7.83. The summed E-state index contributed by atoms with van der Waals surface area (Å²) in [5.41, 5.74) is 21.4. The van der Waals surface area contributed by atoms with Crippen LogP contribution >= 0.6 is 8.58 Å². The quantitative estimate of drug-likeness (QED) is 0.239. The average molecular weight is 555 g/mol. The van der Waals surface area contributed by atoms with E-state index in [1.54, 1.807) is 14.2 Å². The second-order valence-corrected chi connectivity index (χ2v) is 12.7. The lowest BCUT2D eigenvalue weighted by atomic mass is 9.60. The molecule has 2 atom stereocenters. The number of aryl methyl sites for hydroxylation is 4. The Hall–Kier alpha value is -3.17. The van der Waals surface area contributed by atoms with E-state index in [2.05, 4.69) is 71.9 Å². The van der Waals surface area contributed by atoms with Gasteiger partial charge in [0.1, 0.15) is 11.5 Å². The Morgan fingerprint density at radius 1 is 0.650 bits per heavy atom. The Labute approximate surface area is 241 Å². The monoisotopic (exact) mass is 554 g/mol. The topological polar surface area (TPSA) is 70.5 Å². The summed E-state index contributed by atoms with van der Waals surface area (Å²) in [5, 5.41) is 2.53. The molecule has 40 heavy (non-hydrogen) atoms. The lowest BCUT2D eigenvalue weighted by Gasteiger charge is -2.51. The van der Waals surface area contributed by atoms with E-state index in [9.17, 15) is 0 Å². The summed E-state index contributed by atoms with van der Waals surface area (Å²) in [6.45, 7) is 13.0. The number of nitrogens with two attached hydrogens (primary N) is 2.